The molecule has 5 nitrogen and oxygen atoms in total. The molecule has 0 unspecified atom stereocenters. The van der Waals surface area contributed by atoms with Crippen molar-refractivity contribution < 1.29 is 14.7 Å². The lowest BCUT2D eigenvalue weighted by molar-refractivity contribution is -0.138. The molecule has 0 aromatic carbocycles. The highest BCUT2D eigenvalue weighted by Crippen LogP contribution is 2.27. The van der Waals surface area contributed by atoms with Gasteiger partial charge in [-0.3, -0.25) is 14.6 Å². The van der Waals surface area contributed by atoms with E-state index in [1.165, 1.54) is 0 Å². The molecule has 1 fully saturated rings. The lowest BCUT2D eigenvalue weighted by Crippen LogP contribution is -2.35. The Morgan fingerprint density at radius 1 is 1.32 bits per heavy atom. The van der Waals surface area contributed by atoms with E-state index < -0.39 is 5.97 Å². The number of carbonyl (C=O) groups is 2. The van der Waals surface area contributed by atoms with Gasteiger partial charge in [0, 0.05) is 30.9 Å². The van der Waals surface area contributed by atoms with Crippen LogP contribution in [0.25, 0.3) is 0 Å². The van der Waals surface area contributed by atoms with Crippen molar-refractivity contribution >= 4 is 11.9 Å². The van der Waals surface area contributed by atoms with Crippen molar-refractivity contribution in [2.24, 2.45) is 0 Å². The van der Waals surface area contributed by atoms with Crippen LogP contribution in [-0.4, -0.2) is 39.5 Å². The van der Waals surface area contributed by atoms with E-state index in [4.69, 9.17) is 5.11 Å². The number of rotatable bonds is 7. The van der Waals surface area contributed by atoms with Crippen molar-refractivity contribution in [3.05, 3.63) is 30.1 Å². The molecule has 1 saturated carbocycles. The van der Waals surface area contributed by atoms with E-state index in [9.17, 15) is 9.59 Å². The quantitative estimate of drug-likeness (QED) is 0.808. The van der Waals surface area contributed by atoms with Crippen LogP contribution in [0.5, 0.6) is 0 Å². The van der Waals surface area contributed by atoms with E-state index in [1.54, 1.807) is 11.1 Å². The van der Waals surface area contributed by atoms with Gasteiger partial charge in [0.15, 0.2) is 0 Å². The number of carboxylic acid groups (broad SMARTS) is 1. The molecule has 0 atom stereocenters. The van der Waals surface area contributed by atoms with E-state index in [2.05, 4.69) is 4.98 Å². The Morgan fingerprint density at radius 3 is 2.68 bits per heavy atom. The number of nitrogens with zero attached hydrogens (tertiary/aromatic N) is 2. The summed E-state index contributed by atoms with van der Waals surface area (Å²) in [6.07, 6.45) is 4.72. The van der Waals surface area contributed by atoms with Crippen molar-refractivity contribution in [1.82, 2.24) is 9.88 Å². The van der Waals surface area contributed by atoms with Gasteiger partial charge in [-0.05, 0) is 31.4 Å². The van der Waals surface area contributed by atoms with Crippen molar-refractivity contribution in [2.75, 3.05) is 6.54 Å². The number of aromatic nitrogens is 1. The van der Waals surface area contributed by atoms with Crippen molar-refractivity contribution in [3.8, 4) is 0 Å². The van der Waals surface area contributed by atoms with Gasteiger partial charge < -0.3 is 10.0 Å². The summed E-state index contributed by atoms with van der Waals surface area (Å²) in [5.41, 5.74) is 0.893. The van der Waals surface area contributed by atoms with E-state index >= 15 is 0 Å². The molecule has 1 amide bonds. The zero-order valence-electron chi connectivity index (χ0n) is 10.8. The van der Waals surface area contributed by atoms with Crippen molar-refractivity contribution in [1.29, 1.82) is 0 Å². The third-order valence-corrected chi connectivity index (χ3v) is 3.20. The van der Waals surface area contributed by atoms with Crippen molar-refractivity contribution in [2.45, 2.75) is 38.1 Å². The Bertz CT molecular complexity index is 443. The first-order valence-corrected chi connectivity index (χ1v) is 6.58. The Balaban J connectivity index is 1.83. The third kappa shape index (κ3) is 4.35. The first-order valence-electron chi connectivity index (χ1n) is 6.58. The van der Waals surface area contributed by atoms with Crippen molar-refractivity contribution in [3.63, 3.8) is 0 Å². The van der Waals surface area contributed by atoms with Crippen LogP contribution < -0.4 is 0 Å². The van der Waals surface area contributed by atoms with Gasteiger partial charge >= 0.3 is 5.97 Å². The lowest BCUT2D eigenvalue weighted by atomic mass is 10.2. The van der Waals surface area contributed by atoms with Crippen LogP contribution in [0.2, 0.25) is 0 Å². The van der Waals surface area contributed by atoms with Crippen LogP contribution in [-0.2, 0) is 16.0 Å². The fourth-order valence-electron chi connectivity index (χ4n) is 2.04. The molecule has 19 heavy (non-hydrogen) atoms. The summed E-state index contributed by atoms with van der Waals surface area (Å²) in [5, 5.41) is 8.71. The maximum Gasteiger partial charge on any atom is 0.305 e. The molecular formula is C14H18N2O3. The first kappa shape index (κ1) is 13.5. The monoisotopic (exact) mass is 262 g/mol. The predicted octanol–water partition coefficient (Wildman–Crippen LogP) is 1.48. The summed E-state index contributed by atoms with van der Waals surface area (Å²) < 4.78 is 0. The summed E-state index contributed by atoms with van der Waals surface area (Å²) in [6.45, 7) is 0.320. The van der Waals surface area contributed by atoms with Gasteiger partial charge in [-0.1, -0.05) is 6.07 Å². The SMILES string of the molecule is O=C(O)CCN(C(=O)CCc1ccccn1)C1CC1. The van der Waals surface area contributed by atoms with Gasteiger partial charge in [0.1, 0.15) is 0 Å². The van der Waals surface area contributed by atoms with Crippen LogP contribution in [0.15, 0.2) is 24.4 Å². The van der Waals surface area contributed by atoms with Crippen LogP contribution in [0.3, 0.4) is 0 Å². The molecular weight excluding hydrogens is 244 g/mol. The second-order valence-corrected chi connectivity index (χ2v) is 4.78. The summed E-state index contributed by atoms with van der Waals surface area (Å²) in [5.74, 6) is -0.822. The molecule has 0 aliphatic heterocycles. The highest BCUT2D eigenvalue weighted by Gasteiger charge is 2.32. The van der Waals surface area contributed by atoms with Gasteiger partial charge in [0.05, 0.1) is 6.42 Å². The van der Waals surface area contributed by atoms with Crippen LogP contribution >= 0.6 is 0 Å². The highest BCUT2D eigenvalue weighted by molar-refractivity contribution is 5.78. The first-order chi connectivity index (χ1) is 9.16. The van der Waals surface area contributed by atoms with Gasteiger partial charge in [0.25, 0.3) is 0 Å². The topological polar surface area (TPSA) is 70.5 Å². The van der Waals surface area contributed by atoms with Gasteiger partial charge in [-0.15, -0.1) is 0 Å². The molecule has 2 rings (SSSR count). The molecule has 1 aromatic heterocycles. The largest absolute Gasteiger partial charge is 0.481 e. The summed E-state index contributed by atoms with van der Waals surface area (Å²) in [7, 11) is 0. The maximum atomic E-state index is 12.1. The molecule has 1 aromatic rings. The van der Waals surface area contributed by atoms with E-state index in [-0.39, 0.29) is 18.4 Å². The maximum absolute atomic E-state index is 12.1. The van der Waals surface area contributed by atoms with Crippen LogP contribution in [0, 0.1) is 0 Å². The molecule has 0 saturated heterocycles. The number of amides is 1. The third-order valence-electron chi connectivity index (χ3n) is 3.20. The Hall–Kier alpha value is -1.91. The lowest BCUT2D eigenvalue weighted by Gasteiger charge is -2.21. The van der Waals surface area contributed by atoms with E-state index in [1.807, 2.05) is 18.2 Å². The molecule has 1 N–H and O–H groups in total. The molecule has 1 aliphatic carbocycles. The predicted molar refractivity (Wildman–Crippen MR) is 69.5 cm³/mol. The molecule has 5 heteroatoms. The minimum absolute atomic E-state index is 0.0197. The molecule has 0 radical (unpaired) electrons. The summed E-state index contributed by atoms with van der Waals surface area (Å²) in [4.78, 5) is 28.6. The smallest absolute Gasteiger partial charge is 0.305 e. The van der Waals surface area contributed by atoms with E-state index in [0.29, 0.717) is 19.4 Å². The normalized spacial score (nSPS) is 14.1. The second-order valence-electron chi connectivity index (χ2n) is 4.78. The average Bonchev–Trinajstić information content (AvgIpc) is 3.22. The number of aliphatic carboxylic acids is 1. The minimum atomic E-state index is -0.858. The number of hydrogen-bond acceptors (Lipinski definition) is 3. The molecule has 0 spiro atoms. The van der Waals surface area contributed by atoms with Gasteiger partial charge in [-0.2, -0.15) is 0 Å². The highest BCUT2D eigenvalue weighted by atomic mass is 16.4. The fraction of sp³-hybridized carbons (Fsp3) is 0.500. The Morgan fingerprint density at radius 2 is 2.11 bits per heavy atom. The van der Waals surface area contributed by atoms with Crippen LogP contribution in [0.1, 0.15) is 31.4 Å². The summed E-state index contributed by atoms with van der Waals surface area (Å²) >= 11 is 0. The van der Waals surface area contributed by atoms with Gasteiger partial charge in [-0.25, -0.2) is 0 Å². The summed E-state index contributed by atoms with van der Waals surface area (Å²) in [6, 6.07) is 5.90. The number of aryl methyl sites for hydroxylation is 1. The number of pyridine rings is 1. The van der Waals surface area contributed by atoms with Crippen LogP contribution in [0.4, 0.5) is 0 Å². The fourth-order valence-corrected chi connectivity index (χ4v) is 2.04. The second kappa shape index (κ2) is 6.31. The number of carboxylic acids is 1. The molecule has 1 heterocycles. The average molecular weight is 262 g/mol. The minimum Gasteiger partial charge on any atom is -0.481 e. The number of carbonyl (C=O) groups excluding carboxylic acids is 1. The zero-order valence-corrected chi connectivity index (χ0v) is 10.8. The van der Waals surface area contributed by atoms with Gasteiger partial charge in [0.2, 0.25) is 5.91 Å². The Kier molecular flexibility index (Phi) is 4.49. The van der Waals surface area contributed by atoms with E-state index in [0.717, 1.165) is 18.5 Å². The number of hydrogen-bond donors (Lipinski definition) is 1. The zero-order chi connectivity index (χ0) is 13.7. The standard InChI is InChI=1S/C14H18N2O3/c17-13(7-4-11-3-1-2-9-15-11)16(12-5-6-12)10-8-14(18)19/h1-3,9,12H,4-8,10H2,(H,18,19). The molecule has 102 valence electrons. The molecule has 1 aliphatic rings. The Labute approximate surface area is 112 Å². The molecule has 0 bridgehead atoms.